The summed E-state index contributed by atoms with van der Waals surface area (Å²) in [5.41, 5.74) is -0.788. The number of cyclic esters (lactones) is 1. The topological polar surface area (TPSA) is 209 Å². The van der Waals surface area contributed by atoms with Crippen LogP contribution < -0.4 is 0 Å². The Morgan fingerprint density at radius 2 is 1.43 bits per heavy atom. The van der Waals surface area contributed by atoms with Gasteiger partial charge in [-0.1, -0.05) is 13.8 Å². The van der Waals surface area contributed by atoms with Gasteiger partial charge in [-0.05, 0) is 94.5 Å². The first kappa shape index (κ1) is 42.9. The molecule has 0 amide bonds. The number of rotatable bonds is 8. The van der Waals surface area contributed by atoms with Crippen molar-refractivity contribution in [2.45, 2.75) is 204 Å². The van der Waals surface area contributed by atoms with Crippen LogP contribution in [0, 0.1) is 34.5 Å². The van der Waals surface area contributed by atoms with Gasteiger partial charge in [-0.25, -0.2) is 4.79 Å². The Bertz CT molecular complexity index is 1550. The standard InChI is InChI=1S/C43H66O15/c1-20-38(48)29(45)15-34(52-20)58-40-22(3)54-35(17-32(40)57-36-16-31(55-23(4)44)39(49)21(2)53-36)56-26-9-11-41(5)25(14-26)7-8-28-27(41)10-12-42(6)37(24-13-33(47)51-19-24)30(46)18-43(28,42)50/h13,20-22,25-32,34-40,45-46,48-50H,7-12,14-19H2,1-6H3/t20-,21-,22-,25-,26+,27+,28-,29+,30+,31+,32+,34-,35-,36-,37+,38-,39-,40-,41+,42-,43?/m1/s1. The van der Waals surface area contributed by atoms with E-state index in [9.17, 15) is 35.1 Å². The molecule has 4 aliphatic carbocycles. The second-order valence-electron chi connectivity index (χ2n) is 19.5. The van der Waals surface area contributed by atoms with Crippen molar-refractivity contribution in [3.63, 3.8) is 0 Å². The highest BCUT2D eigenvalue weighted by molar-refractivity contribution is 5.85. The predicted octanol–water partition coefficient (Wildman–Crippen LogP) is 2.79. The molecule has 4 saturated carbocycles. The van der Waals surface area contributed by atoms with Crippen LogP contribution in [-0.2, 0) is 47.5 Å². The minimum atomic E-state index is -1.04. The van der Waals surface area contributed by atoms with Crippen LogP contribution in [-0.4, -0.2) is 136 Å². The minimum Gasteiger partial charge on any atom is -0.459 e. The van der Waals surface area contributed by atoms with Crippen LogP contribution in [0.4, 0.5) is 0 Å². The van der Waals surface area contributed by atoms with Crippen LogP contribution >= 0.6 is 0 Å². The summed E-state index contributed by atoms with van der Waals surface area (Å²) in [4.78, 5) is 23.9. The van der Waals surface area contributed by atoms with E-state index in [0.717, 1.165) is 50.5 Å². The molecule has 4 aliphatic heterocycles. The van der Waals surface area contributed by atoms with Gasteiger partial charge >= 0.3 is 11.9 Å². The molecule has 8 aliphatic rings. The van der Waals surface area contributed by atoms with E-state index in [4.69, 9.17) is 37.9 Å². The van der Waals surface area contributed by atoms with Gasteiger partial charge in [-0.3, -0.25) is 4.79 Å². The summed E-state index contributed by atoms with van der Waals surface area (Å²) in [6.07, 6.45) is -1.68. The van der Waals surface area contributed by atoms with Crippen molar-refractivity contribution in [1.29, 1.82) is 0 Å². The Balaban J connectivity index is 0.944. The zero-order chi connectivity index (χ0) is 41.5. The van der Waals surface area contributed by atoms with Gasteiger partial charge in [0.1, 0.15) is 31.0 Å². The molecular formula is C43H66O15. The fraction of sp³-hybridized carbons (Fsp3) is 0.907. The lowest BCUT2D eigenvalue weighted by Crippen LogP contribution is -2.62. The summed E-state index contributed by atoms with van der Waals surface area (Å²) in [5, 5.41) is 55.6. The van der Waals surface area contributed by atoms with E-state index >= 15 is 0 Å². The lowest BCUT2D eigenvalue weighted by molar-refractivity contribution is -0.344. The molecule has 0 aromatic heterocycles. The smallest absolute Gasteiger partial charge is 0.331 e. The molecule has 0 radical (unpaired) electrons. The molecule has 21 atom stereocenters. The fourth-order valence-corrected chi connectivity index (χ4v) is 13.1. The quantitative estimate of drug-likeness (QED) is 0.176. The maximum atomic E-state index is 12.7. The summed E-state index contributed by atoms with van der Waals surface area (Å²) in [7, 11) is 0. The molecule has 7 fully saturated rings. The first-order valence-electron chi connectivity index (χ1n) is 21.8. The van der Waals surface area contributed by atoms with Crippen LogP contribution in [0.1, 0.15) is 112 Å². The highest BCUT2D eigenvalue weighted by atomic mass is 16.7. The Morgan fingerprint density at radius 1 is 0.759 bits per heavy atom. The molecule has 15 nitrogen and oxygen atoms in total. The number of esters is 2. The van der Waals surface area contributed by atoms with Gasteiger partial charge in [0.15, 0.2) is 18.9 Å². The van der Waals surface area contributed by atoms with Crippen molar-refractivity contribution in [3.8, 4) is 0 Å². The summed E-state index contributed by atoms with van der Waals surface area (Å²) in [5.74, 6) is -0.465. The largest absolute Gasteiger partial charge is 0.459 e. The lowest BCUT2D eigenvalue weighted by Gasteiger charge is -2.63. The van der Waals surface area contributed by atoms with E-state index in [1.54, 1.807) is 13.8 Å². The maximum absolute atomic E-state index is 12.7. The molecule has 5 N–H and O–H groups in total. The molecule has 0 bridgehead atoms. The SMILES string of the molecule is CC(=O)O[C@H]1C[C@@H](O[C@H]2C[C@@H](O[C@H]3CC[C@@]4(C)[C@H](CC[C@@H]5[C@@H]4CC[C@]4(C)[C@@H](C6=CC(=O)OC6)[C@@H](O)CC54O)C3)O[C@H](C)[C@H]2O[C@@H]2C[C@H](O)[C@H](O)[C@@H](C)O2)O[C@H](C)[C@H]1O. The van der Waals surface area contributed by atoms with Crippen LogP contribution in [0.15, 0.2) is 11.6 Å². The Kier molecular flexibility index (Phi) is 12.0. The van der Waals surface area contributed by atoms with Crippen molar-refractivity contribution >= 4 is 11.9 Å². The molecule has 0 aromatic rings. The normalized spacial score (nSPS) is 53.2. The van der Waals surface area contributed by atoms with Crippen LogP contribution in [0.5, 0.6) is 0 Å². The van der Waals surface area contributed by atoms with Crippen LogP contribution in [0.2, 0.25) is 0 Å². The average Bonchev–Trinajstić information content (AvgIpc) is 3.66. The van der Waals surface area contributed by atoms with Crippen LogP contribution in [0.3, 0.4) is 0 Å². The highest BCUT2D eigenvalue weighted by Gasteiger charge is 2.70. The molecule has 4 heterocycles. The summed E-state index contributed by atoms with van der Waals surface area (Å²) in [6.45, 7) is 11.2. The van der Waals surface area contributed by atoms with E-state index in [1.807, 2.05) is 6.92 Å². The molecule has 3 saturated heterocycles. The molecule has 1 unspecified atom stereocenters. The number of ether oxygens (including phenoxy) is 8. The first-order valence-corrected chi connectivity index (χ1v) is 21.8. The third-order valence-corrected chi connectivity index (χ3v) is 16.1. The van der Waals surface area contributed by atoms with Gasteiger partial charge in [0.05, 0.1) is 48.3 Å². The minimum absolute atomic E-state index is 0.00673. The number of hydrogen-bond acceptors (Lipinski definition) is 15. The Labute approximate surface area is 341 Å². The second kappa shape index (κ2) is 16.2. The van der Waals surface area contributed by atoms with Gasteiger partial charge in [0, 0.05) is 50.0 Å². The van der Waals surface area contributed by atoms with Crippen molar-refractivity contribution in [2.24, 2.45) is 34.5 Å². The second-order valence-corrected chi connectivity index (χ2v) is 19.5. The molecule has 0 spiro atoms. The third-order valence-electron chi connectivity index (χ3n) is 16.1. The van der Waals surface area contributed by atoms with Crippen molar-refractivity contribution in [1.82, 2.24) is 0 Å². The number of aliphatic hydroxyl groups is 5. The zero-order valence-electron chi connectivity index (χ0n) is 34.8. The van der Waals surface area contributed by atoms with Gasteiger partial charge in [-0.2, -0.15) is 0 Å². The number of carbonyl (C=O) groups is 2. The molecular weight excluding hydrogens is 756 g/mol. The van der Waals surface area contributed by atoms with E-state index in [2.05, 4.69) is 13.8 Å². The fourth-order valence-electron chi connectivity index (χ4n) is 13.1. The van der Waals surface area contributed by atoms with E-state index < -0.39 is 96.9 Å². The lowest BCUT2D eigenvalue weighted by atomic mass is 9.43. The molecule has 8 rings (SSSR count). The predicted molar refractivity (Wildman–Crippen MR) is 202 cm³/mol. The number of carbonyl (C=O) groups excluding carboxylic acids is 2. The molecule has 15 heteroatoms. The third kappa shape index (κ3) is 7.60. The number of aliphatic hydroxyl groups excluding tert-OH is 4. The molecule has 58 heavy (non-hydrogen) atoms. The van der Waals surface area contributed by atoms with Crippen molar-refractivity contribution in [3.05, 3.63) is 11.6 Å². The highest BCUT2D eigenvalue weighted by Crippen LogP contribution is 2.70. The number of fused-ring (bicyclic) bond motifs is 5. The summed E-state index contributed by atoms with van der Waals surface area (Å²) >= 11 is 0. The van der Waals surface area contributed by atoms with E-state index in [-0.39, 0.29) is 48.8 Å². The van der Waals surface area contributed by atoms with E-state index in [1.165, 1.54) is 13.0 Å². The Hall–Kier alpha value is -1.76. The van der Waals surface area contributed by atoms with Gasteiger partial charge in [-0.15, -0.1) is 0 Å². The van der Waals surface area contributed by atoms with E-state index in [0.29, 0.717) is 24.7 Å². The van der Waals surface area contributed by atoms with Crippen molar-refractivity contribution < 1.29 is 73.0 Å². The van der Waals surface area contributed by atoms with Crippen molar-refractivity contribution in [2.75, 3.05) is 6.61 Å². The monoisotopic (exact) mass is 822 g/mol. The van der Waals surface area contributed by atoms with Gasteiger partial charge < -0.3 is 63.4 Å². The van der Waals surface area contributed by atoms with Crippen LogP contribution in [0.25, 0.3) is 0 Å². The summed E-state index contributed by atoms with van der Waals surface area (Å²) < 4.78 is 49.0. The van der Waals surface area contributed by atoms with Gasteiger partial charge in [0.25, 0.3) is 0 Å². The number of hydrogen-bond donors (Lipinski definition) is 5. The van der Waals surface area contributed by atoms with Gasteiger partial charge in [0.2, 0.25) is 0 Å². The average molecular weight is 823 g/mol. The zero-order valence-corrected chi connectivity index (χ0v) is 34.8. The summed E-state index contributed by atoms with van der Waals surface area (Å²) in [6, 6.07) is 0. The Morgan fingerprint density at radius 3 is 2.12 bits per heavy atom. The maximum Gasteiger partial charge on any atom is 0.331 e. The molecule has 0 aromatic carbocycles. The first-order chi connectivity index (χ1) is 27.4. The molecule has 328 valence electrons.